The van der Waals surface area contributed by atoms with Crippen LogP contribution in [0.15, 0.2) is 30.5 Å². The van der Waals surface area contributed by atoms with Crippen molar-refractivity contribution in [1.82, 2.24) is 0 Å². The standard InChI is InChI=1S/C12H14/c1-5-10(3)12-8-9(2)6-7-11(12)4/h6-8H,1H2,2-4H3. The fourth-order valence-corrected chi connectivity index (χ4v) is 1.24. The molecule has 0 fully saturated rings. The highest BCUT2D eigenvalue weighted by Crippen LogP contribution is 2.18. The van der Waals surface area contributed by atoms with Crippen molar-refractivity contribution in [3.05, 3.63) is 47.2 Å². The zero-order valence-electron chi connectivity index (χ0n) is 7.94. The van der Waals surface area contributed by atoms with E-state index in [0.29, 0.717) is 0 Å². The van der Waals surface area contributed by atoms with Crippen molar-refractivity contribution in [3.63, 3.8) is 0 Å². The molecule has 0 aliphatic heterocycles. The average molecular weight is 158 g/mol. The molecular formula is C12H14. The first kappa shape index (κ1) is 8.83. The maximum atomic E-state index is 3.65. The molecule has 0 bridgehead atoms. The predicted octanol–water partition coefficient (Wildman–Crippen LogP) is 3.49. The normalized spacial score (nSPS) is 9.25. The largest absolute Gasteiger partial charge is 0.125 e. The molecule has 0 aromatic heterocycles. The minimum Gasteiger partial charge on any atom is -0.125 e. The molecule has 0 N–H and O–H groups in total. The van der Waals surface area contributed by atoms with E-state index in [-0.39, 0.29) is 0 Å². The first-order valence-corrected chi connectivity index (χ1v) is 4.09. The van der Waals surface area contributed by atoms with Crippen molar-refractivity contribution in [2.75, 3.05) is 0 Å². The summed E-state index contributed by atoms with van der Waals surface area (Å²) in [4.78, 5) is 0. The molecule has 0 amide bonds. The highest BCUT2D eigenvalue weighted by Gasteiger charge is 1.98. The van der Waals surface area contributed by atoms with Crippen molar-refractivity contribution in [2.45, 2.75) is 20.8 Å². The second-order valence-electron chi connectivity index (χ2n) is 3.12. The average Bonchev–Trinajstić information content (AvgIpc) is 2.08. The van der Waals surface area contributed by atoms with E-state index in [1.54, 1.807) is 0 Å². The van der Waals surface area contributed by atoms with E-state index in [1.807, 2.05) is 6.92 Å². The molecule has 1 rings (SSSR count). The molecule has 0 unspecified atom stereocenters. The van der Waals surface area contributed by atoms with Gasteiger partial charge in [-0.2, -0.15) is 0 Å². The second-order valence-corrected chi connectivity index (χ2v) is 3.12. The zero-order valence-corrected chi connectivity index (χ0v) is 7.94. The van der Waals surface area contributed by atoms with Gasteiger partial charge in [0.2, 0.25) is 0 Å². The van der Waals surface area contributed by atoms with E-state index < -0.39 is 0 Å². The lowest BCUT2D eigenvalue weighted by Gasteiger charge is -2.04. The van der Waals surface area contributed by atoms with E-state index in [4.69, 9.17) is 0 Å². The summed E-state index contributed by atoms with van der Waals surface area (Å²) >= 11 is 0. The van der Waals surface area contributed by atoms with Crippen LogP contribution in [0, 0.1) is 13.8 Å². The fraction of sp³-hybridized carbons (Fsp3) is 0.250. The molecule has 0 saturated heterocycles. The maximum Gasteiger partial charge on any atom is -0.00225 e. The van der Waals surface area contributed by atoms with Gasteiger partial charge in [0.25, 0.3) is 0 Å². The van der Waals surface area contributed by atoms with Crippen LogP contribution in [0.2, 0.25) is 0 Å². The molecule has 0 radical (unpaired) electrons. The molecule has 0 nitrogen and oxygen atoms in total. The number of hydrogen-bond donors (Lipinski definition) is 0. The minimum absolute atomic E-state index is 1.12. The van der Waals surface area contributed by atoms with Crippen LogP contribution < -0.4 is 0 Å². The molecule has 0 aliphatic rings. The molecule has 12 heavy (non-hydrogen) atoms. The molecule has 1 aromatic rings. The number of benzene rings is 1. The van der Waals surface area contributed by atoms with E-state index in [0.717, 1.165) is 5.57 Å². The molecular weight excluding hydrogens is 144 g/mol. The summed E-state index contributed by atoms with van der Waals surface area (Å²) in [6.45, 7) is 9.89. The summed E-state index contributed by atoms with van der Waals surface area (Å²) in [5.41, 5.74) is 7.86. The first-order chi connectivity index (χ1) is 5.65. The third-order valence-corrected chi connectivity index (χ3v) is 2.06. The van der Waals surface area contributed by atoms with Crippen molar-refractivity contribution in [2.24, 2.45) is 0 Å². The van der Waals surface area contributed by atoms with E-state index in [1.165, 1.54) is 16.7 Å². The SMILES string of the molecule is C=C=C(C)c1cc(C)ccc1C. The summed E-state index contributed by atoms with van der Waals surface area (Å²) in [6.07, 6.45) is 0. The first-order valence-electron chi connectivity index (χ1n) is 4.09. The van der Waals surface area contributed by atoms with Crippen LogP contribution in [0.5, 0.6) is 0 Å². The van der Waals surface area contributed by atoms with Gasteiger partial charge in [0.05, 0.1) is 0 Å². The Kier molecular flexibility index (Phi) is 2.52. The molecule has 0 aliphatic carbocycles. The van der Waals surface area contributed by atoms with Gasteiger partial charge in [-0.05, 0) is 37.5 Å². The highest BCUT2D eigenvalue weighted by atomic mass is 14.0. The second kappa shape index (κ2) is 3.42. The van der Waals surface area contributed by atoms with E-state index in [2.05, 4.69) is 44.4 Å². The van der Waals surface area contributed by atoms with Crippen LogP contribution in [-0.4, -0.2) is 0 Å². The topological polar surface area (TPSA) is 0 Å². The summed E-state index contributed by atoms with van der Waals surface area (Å²) in [6, 6.07) is 6.42. The van der Waals surface area contributed by atoms with Gasteiger partial charge in [0.1, 0.15) is 0 Å². The Balaban J connectivity index is 3.32. The number of hydrogen-bond acceptors (Lipinski definition) is 0. The molecule has 62 valence electrons. The molecule has 0 atom stereocenters. The van der Waals surface area contributed by atoms with Gasteiger partial charge in [-0.3, -0.25) is 0 Å². The van der Waals surface area contributed by atoms with Crippen LogP contribution in [-0.2, 0) is 0 Å². The third-order valence-electron chi connectivity index (χ3n) is 2.06. The highest BCUT2D eigenvalue weighted by molar-refractivity contribution is 5.66. The van der Waals surface area contributed by atoms with Gasteiger partial charge in [0, 0.05) is 0 Å². The predicted molar refractivity (Wildman–Crippen MR) is 54.1 cm³/mol. The molecule has 0 saturated carbocycles. The Morgan fingerprint density at radius 3 is 2.58 bits per heavy atom. The van der Waals surface area contributed by atoms with Crippen LogP contribution >= 0.6 is 0 Å². The lowest BCUT2D eigenvalue weighted by molar-refractivity contribution is 1.35. The van der Waals surface area contributed by atoms with Gasteiger partial charge in [-0.1, -0.05) is 30.3 Å². The lowest BCUT2D eigenvalue weighted by Crippen LogP contribution is -1.85. The van der Waals surface area contributed by atoms with Gasteiger partial charge in [-0.15, -0.1) is 5.73 Å². The van der Waals surface area contributed by atoms with Gasteiger partial charge < -0.3 is 0 Å². The lowest BCUT2D eigenvalue weighted by atomic mass is 10.0. The fourth-order valence-electron chi connectivity index (χ4n) is 1.24. The van der Waals surface area contributed by atoms with E-state index >= 15 is 0 Å². The Labute approximate surface area is 74.2 Å². The van der Waals surface area contributed by atoms with Crippen molar-refractivity contribution in [1.29, 1.82) is 0 Å². The van der Waals surface area contributed by atoms with Crippen molar-refractivity contribution in [3.8, 4) is 0 Å². The molecule has 0 heterocycles. The van der Waals surface area contributed by atoms with Crippen LogP contribution in [0.1, 0.15) is 23.6 Å². The Morgan fingerprint density at radius 2 is 2.00 bits per heavy atom. The molecule has 0 heteroatoms. The summed E-state index contributed by atoms with van der Waals surface area (Å²) in [5.74, 6) is 0. The van der Waals surface area contributed by atoms with Crippen LogP contribution in [0.3, 0.4) is 0 Å². The van der Waals surface area contributed by atoms with Crippen molar-refractivity contribution >= 4 is 5.57 Å². The maximum absolute atomic E-state index is 3.65. The number of allylic oxidation sites excluding steroid dienone is 1. The van der Waals surface area contributed by atoms with Gasteiger partial charge >= 0.3 is 0 Å². The van der Waals surface area contributed by atoms with Crippen LogP contribution in [0.25, 0.3) is 5.57 Å². The zero-order chi connectivity index (χ0) is 9.14. The summed E-state index contributed by atoms with van der Waals surface area (Å²) in [7, 11) is 0. The van der Waals surface area contributed by atoms with Crippen molar-refractivity contribution < 1.29 is 0 Å². The minimum atomic E-state index is 1.12. The van der Waals surface area contributed by atoms with Gasteiger partial charge in [-0.25, -0.2) is 0 Å². The quantitative estimate of drug-likeness (QED) is 0.549. The van der Waals surface area contributed by atoms with Gasteiger partial charge in [0.15, 0.2) is 0 Å². The number of rotatable bonds is 1. The Bertz CT molecular complexity index is 339. The third kappa shape index (κ3) is 1.66. The smallest absolute Gasteiger partial charge is 0.00225 e. The number of aryl methyl sites for hydroxylation is 2. The Hall–Kier alpha value is -1.26. The van der Waals surface area contributed by atoms with E-state index in [9.17, 15) is 0 Å². The summed E-state index contributed by atoms with van der Waals surface area (Å²) in [5, 5.41) is 0. The Morgan fingerprint density at radius 1 is 1.33 bits per heavy atom. The van der Waals surface area contributed by atoms with Crippen LogP contribution in [0.4, 0.5) is 0 Å². The monoisotopic (exact) mass is 158 g/mol. The summed E-state index contributed by atoms with van der Waals surface area (Å²) < 4.78 is 0. The molecule has 0 spiro atoms. The molecule has 1 aromatic carbocycles.